The van der Waals surface area contributed by atoms with Crippen LogP contribution in [-0.2, 0) is 0 Å². The number of hydrogen-bond acceptors (Lipinski definition) is 6. The highest BCUT2D eigenvalue weighted by atomic mass is 16.5. The highest BCUT2D eigenvalue weighted by Crippen LogP contribution is 2.27. The zero-order valence-electron chi connectivity index (χ0n) is 16.9. The summed E-state index contributed by atoms with van der Waals surface area (Å²) >= 11 is 0. The number of pyridine rings is 1. The predicted octanol–water partition coefficient (Wildman–Crippen LogP) is 4.84. The number of rotatable bonds is 6. The fourth-order valence-corrected chi connectivity index (χ4v) is 3.84. The van der Waals surface area contributed by atoms with Crippen molar-refractivity contribution in [1.82, 2.24) is 15.1 Å². The molecule has 0 radical (unpaired) electrons. The van der Waals surface area contributed by atoms with E-state index in [9.17, 15) is 0 Å². The van der Waals surface area contributed by atoms with Gasteiger partial charge in [0, 0.05) is 31.3 Å². The number of anilines is 1. The van der Waals surface area contributed by atoms with Crippen molar-refractivity contribution >= 4 is 11.6 Å². The Kier molecular flexibility index (Phi) is 5.93. The van der Waals surface area contributed by atoms with Gasteiger partial charge in [-0.1, -0.05) is 25.1 Å². The fraction of sp³-hybridized carbons (Fsp3) is 0.591. The van der Waals surface area contributed by atoms with Gasteiger partial charge < -0.3 is 14.2 Å². The van der Waals surface area contributed by atoms with Gasteiger partial charge in [-0.2, -0.15) is 4.98 Å². The molecule has 2 aliphatic rings. The fourth-order valence-electron chi connectivity index (χ4n) is 3.84. The monoisotopic (exact) mass is 382 g/mol. The lowest BCUT2D eigenvalue weighted by Crippen LogP contribution is -2.35. The molecule has 0 atom stereocenters. The summed E-state index contributed by atoms with van der Waals surface area (Å²) in [5.74, 6) is 2.32. The number of aromatic nitrogens is 3. The molecule has 6 nitrogen and oxygen atoms in total. The molecule has 1 fully saturated rings. The summed E-state index contributed by atoms with van der Waals surface area (Å²) in [5, 5.41) is 4.06. The standard InChI is InChI=1S/C22H30N4O2/c1-16(2)21-24-22(28-25-21)26-12-10-17(11-13-26)15-27-20-9-8-19(14-23-20)18-6-4-3-5-7-18/h6,8-9,14,16-17H,3-5,7,10-13,15H2,1-2H3. The number of allylic oxidation sites excluding steroid dienone is 2. The lowest BCUT2D eigenvalue weighted by Gasteiger charge is -2.30. The van der Waals surface area contributed by atoms with Crippen LogP contribution in [0, 0.1) is 5.92 Å². The molecule has 0 amide bonds. The van der Waals surface area contributed by atoms with Gasteiger partial charge in [-0.15, -0.1) is 0 Å². The average molecular weight is 383 g/mol. The molecule has 0 N–H and O–H groups in total. The topological polar surface area (TPSA) is 64.3 Å². The molecule has 0 bridgehead atoms. The van der Waals surface area contributed by atoms with E-state index >= 15 is 0 Å². The SMILES string of the molecule is CC(C)c1noc(N2CCC(COc3ccc(C4=CCCCC4)cn3)CC2)n1. The quantitative estimate of drug-likeness (QED) is 0.712. The average Bonchev–Trinajstić information content (AvgIpc) is 3.24. The summed E-state index contributed by atoms with van der Waals surface area (Å²) in [4.78, 5) is 11.2. The van der Waals surface area contributed by atoms with E-state index in [2.05, 4.69) is 46.0 Å². The van der Waals surface area contributed by atoms with E-state index in [0.717, 1.165) is 37.6 Å². The Labute approximate surface area is 167 Å². The first kappa shape index (κ1) is 19.0. The van der Waals surface area contributed by atoms with E-state index in [1.807, 2.05) is 12.3 Å². The van der Waals surface area contributed by atoms with Gasteiger partial charge in [0.25, 0.3) is 0 Å². The van der Waals surface area contributed by atoms with E-state index in [0.29, 0.717) is 18.5 Å². The van der Waals surface area contributed by atoms with E-state index < -0.39 is 0 Å². The van der Waals surface area contributed by atoms with Gasteiger partial charge in [0.1, 0.15) is 0 Å². The van der Waals surface area contributed by atoms with E-state index in [-0.39, 0.29) is 5.92 Å². The molecule has 0 spiro atoms. The number of hydrogen-bond donors (Lipinski definition) is 0. The summed E-state index contributed by atoms with van der Waals surface area (Å²) in [7, 11) is 0. The lowest BCUT2D eigenvalue weighted by molar-refractivity contribution is 0.213. The van der Waals surface area contributed by atoms with Crippen LogP contribution in [0.15, 0.2) is 28.9 Å². The first-order valence-corrected chi connectivity index (χ1v) is 10.6. The Hall–Kier alpha value is -2.37. The molecule has 28 heavy (non-hydrogen) atoms. The number of ether oxygens (including phenoxy) is 1. The third kappa shape index (κ3) is 4.54. The summed E-state index contributed by atoms with van der Waals surface area (Å²) in [6.07, 6.45) is 11.4. The molecular formula is C22H30N4O2. The Morgan fingerprint density at radius 2 is 2.07 bits per heavy atom. The van der Waals surface area contributed by atoms with Crippen molar-refractivity contribution in [2.24, 2.45) is 5.92 Å². The Morgan fingerprint density at radius 3 is 2.71 bits per heavy atom. The van der Waals surface area contributed by atoms with Crippen LogP contribution >= 0.6 is 0 Å². The summed E-state index contributed by atoms with van der Waals surface area (Å²) in [6.45, 7) is 6.71. The molecule has 150 valence electrons. The van der Waals surface area contributed by atoms with Crippen LogP contribution in [-0.4, -0.2) is 34.8 Å². The van der Waals surface area contributed by atoms with Crippen LogP contribution in [0.25, 0.3) is 5.57 Å². The smallest absolute Gasteiger partial charge is 0.324 e. The van der Waals surface area contributed by atoms with Crippen molar-refractivity contribution < 1.29 is 9.26 Å². The summed E-state index contributed by atoms with van der Waals surface area (Å²) in [5.41, 5.74) is 2.67. The zero-order valence-corrected chi connectivity index (χ0v) is 16.9. The van der Waals surface area contributed by atoms with Gasteiger partial charge >= 0.3 is 6.01 Å². The molecule has 0 aromatic carbocycles. The second-order valence-corrected chi connectivity index (χ2v) is 8.19. The van der Waals surface area contributed by atoms with Crippen molar-refractivity contribution in [3.8, 4) is 5.88 Å². The molecule has 4 rings (SSSR count). The Morgan fingerprint density at radius 1 is 1.21 bits per heavy atom. The van der Waals surface area contributed by atoms with Gasteiger partial charge in [-0.25, -0.2) is 4.98 Å². The maximum atomic E-state index is 5.96. The van der Waals surface area contributed by atoms with Crippen molar-refractivity contribution in [3.05, 3.63) is 35.8 Å². The molecule has 6 heteroatoms. The van der Waals surface area contributed by atoms with Gasteiger partial charge in [-0.05, 0) is 61.6 Å². The molecule has 1 aliphatic carbocycles. The van der Waals surface area contributed by atoms with E-state index in [4.69, 9.17) is 9.26 Å². The van der Waals surface area contributed by atoms with Gasteiger partial charge in [-0.3, -0.25) is 0 Å². The van der Waals surface area contributed by atoms with Gasteiger partial charge in [0.05, 0.1) is 6.61 Å². The van der Waals surface area contributed by atoms with Crippen molar-refractivity contribution in [1.29, 1.82) is 0 Å². The van der Waals surface area contributed by atoms with Crippen molar-refractivity contribution in [2.75, 3.05) is 24.6 Å². The van der Waals surface area contributed by atoms with Crippen LogP contribution < -0.4 is 9.64 Å². The molecule has 0 saturated carbocycles. The van der Waals surface area contributed by atoms with Gasteiger partial charge in [0.15, 0.2) is 5.82 Å². The maximum Gasteiger partial charge on any atom is 0.324 e. The van der Waals surface area contributed by atoms with Crippen LogP contribution in [0.5, 0.6) is 5.88 Å². The molecule has 1 saturated heterocycles. The number of piperidine rings is 1. The minimum Gasteiger partial charge on any atom is -0.477 e. The molecule has 3 heterocycles. The lowest BCUT2D eigenvalue weighted by atomic mass is 9.95. The van der Waals surface area contributed by atoms with E-state index in [1.165, 1.54) is 36.8 Å². The largest absolute Gasteiger partial charge is 0.477 e. The highest BCUT2D eigenvalue weighted by molar-refractivity contribution is 5.65. The maximum absolute atomic E-state index is 5.96. The second-order valence-electron chi connectivity index (χ2n) is 8.19. The second kappa shape index (κ2) is 8.76. The van der Waals surface area contributed by atoms with Crippen LogP contribution in [0.1, 0.15) is 69.7 Å². The predicted molar refractivity (Wildman–Crippen MR) is 110 cm³/mol. The normalized spacial score (nSPS) is 18.4. The highest BCUT2D eigenvalue weighted by Gasteiger charge is 2.24. The zero-order chi connectivity index (χ0) is 19.3. The molecule has 0 unspecified atom stereocenters. The summed E-state index contributed by atoms with van der Waals surface area (Å²) < 4.78 is 11.4. The minimum atomic E-state index is 0.289. The third-order valence-electron chi connectivity index (χ3n) is 5.70. The van der Waals surface area contributed by atoms with E-state index in [1.54, 1.807) is 0 Å². The first-order valence-electron chi connectivity index (χ1n) is 10.6. The van der Waals surface area contributed by atoms with Crippen LogP contribution in [0.2, 0.25) is 0 Å². The first-order chi connectivity index (χ1) is 13.7. The Bertz CT molecular complexity index is 789. The molecule has 1 aliphatic heterocycles. The third-order valence-corrected chi connectivity index (χ3v) is 5.70. The molecule has 2 aromatic heterocycles. The van der Waals surface area contributed by atoms with Crippen LogP contribution in [0.3, 0.4) is 0 Å². The van der Waals surface area contributed by atoms with Crippen molar-refractivity contribution in [2.45, 2.75) is 58.3 Å². The minimum absolute atomic E-state index is 0.289. The molecule has 2 aromatic rings. The summed E-state index contributed by atoms with van der Waals surface area (Å²) in [6, 6.07) is 4.80. The molecular weight excluding hydrogens is 352 g/mol. The van der Waals surface area contributed by atoms with Gasteiger partial charge in [0.2, 0.25) is 5.88 Å². The van der Waals surface area contributed by atoms with Crippen LogP contribution in [0.4, 0.5) is 6.01 Å². The Balaban J connectivity index is 1.24. The van der Waals surface area contributed by atoms with Crippen molar-refractivity contribution in [3.63, 3.8) is 0 Å². The number of nitrogens with zero attached hydrogens (tertiary/aromatic N) is 4.